The van der Waals surface area contributed by atoms with Gasteiger partial charge in [0.15, 0.2) is 5.82 Å². The van der Waals surface area contributed by atoms with Crippen molar-refractivity contribution in [3.63, 3.8) is 0 Å². The molecule has 0 spiro atoms. The first-order chi connectivity index (χ1) is 13.7. The monoisotopic (exact) mass is 381 g/mol. The average Bonchev–Trinajstić information content (AvgIpc) is 3.37. The zero-order valence-electron chi connectivity index (χ0n) is 16.0. The van der Waals surface area contributed by atoms with E-state index >= 15 is 0 Å². The molecular weight excluding hydrogens is 358 g/mol. The Kier molecular flexibility index (Phi) is 5.16. The van der Waals surface area contributed by atoms with Gasteiger partial charge in [0.05, 0.1) is 18.1 Å². The number of nitrogens with one attached hydrogen (secondary N) is 1. The first kappa shape index (κ1) is 18.3. The number of nitrogens with zero attached hydrogens (tertiary/aromatic N) is 6. The fourth-order valence-corrected chi connectivity index (χ4v) is 3.47. The molecule has 0 radical (unpaired) electrons. The van der Waals surface area contributed by atoms with Crippen LogP contribution in [0.25, 0.3) is 11.6 Å². The molecular formula is C19H23N7O2. The molecule has 1 aliphatic heterocycles. The van der Waals surface area contributed by atoms with E-state index in [-0.39, 0.29) is 11.8 Å². The summed E-state index contributed by atoms with van der Waals surface area (Å²) in [6, 6.07) is 3.66. The number of carbonyl (C=O) groups excluding carboxylic acids is 1. The van der Waals surface area contributed by atoms with Crippen molar-refractivity contribution < 1.29 is 9.32 Å². The van der Waals surface area contributed by atoms with Crippen LogP contribution < -0.4 is 10.2 Å². The summed E-state index contributed by atoms with van der Waals surface area (Å²) in [5, 5.41) is 7.42. The van der Waals surface area contributed by atoms with Crippen LogP contribution in [0.4, 0.5) is 5.69 Å². The molecule has 1 saturated heterocycles. The van der Waals surface area contributed by atoms with E-state index in [0.29, 0.717) is 29.8 Å². The summed E-state index contributed by atoms with van der Waals surface area (Å²) in [7, 11) is 1.78. The molecule has 1 N–H and O–H groups in total. The molecule has 146 valence electrons. The Bertz CT molecular complexity index is 944. The normalized spacial score (nSPS) is 14.9. The molecule has 0 aromatic carbocycles. The number of anilines is 1. The van der Waals surface area contributed by atoms with E-state index < -0.39 is 0 Å². The SMILES string of the molecule is CCN(C(=O)c1cnc(-c2noc(C3CCNCC3)n2)n1C)c1cccnc1. The number of piperidine rings is 1. The van der Waals surface area contributed by atoms with Gasteiger partial charge < -0.3 is 19.3 Å². The number of rotatable bonds is 5. The van der Waals surface area contributed by atoms with E-state index in [9.17, 15) is 4.79 Å². The molecule has 1 amide bonds. The van der Waals surface area contributed by atoms with Crippen molar-refractivity contribution in [1.82, 2.24) is 30.0 Å². The van der Waals surface area contributed by atoms with E-state index in [1.807, 2.05) is 19.1 Å². The molecule has 0 unspecified atom stereocenters. The van der Waals surface area contributed by atoms with E-state index in [1.54, 1.807) is 35.1 Å². The van der Waals surface area contributed by atoms with Gasteiger partial charge in [-0.2, -0.15) is 4.98 Å². The van der Waals surface area contributed by atoms with Crippen LogP contribution in [0.1, 0.15) is 42.1 Å². The van der Waals surface area contributed by atoms with Gasteiger partial charge in [-0.05, 0) is 45.0 Å². The molecule has 1 fully saturated rings. The Labute approximate surface area is 162 Å². The molecule has 0 aliphatic carbocycles. The van der Waals surface area contributed by atoms with Gasteiger partial charge in [0.2, 0.25) is 11.7 Å². The van der Waals surface area contributed by atoms with E-state index in [0.717, 1.165) is 31.6 Å². The Balaban J connectivity index is 1.59. The molecule has 4 rings (SSSR count). The van der Waals surface area contributed by atoms with Crippen molar-refractivity contribution >= 4 is 11.6 Å². The highest BCUT2D eigenvalue weighted by Gasteiger charge is 2.26. The third kappa shape index (κ3) is 3.40. The maximum absolute atomic E-state index is 13.1. The summed E-state index contributed by atoms with van der Waals surface area (Å²) in [5.74, 6) is 1.66. The molecule has 3 aromatic heterocycles. The Hall–Kier alpha value is -3.07. The highest BCUT2D eigenvalue weighted by molar-refractivity contribution is 6.05. The molecule has 4 heterocycles. The van der Waals surface area contributed by atoms with Gasteiger partial charge in [-0.25, -0.2) is 4.98 Å². The molecule has 0 atom stereocenters. The fraction of sp³-hybridized carbons (Fsp3) is 0.421. The van der Waals surface area contributed by atoms with Crippen LogP contribution in [0.5, 0.6) is 0 Å². The lowest BCUT2D eigenvalue weighted by Gasteiger charge is -2.20. The third-order valence-corrected chi connectivity index (χ3v) is 5.06. The summed E-state index contributed by atoms with van der Waals surface area (Å²) in [6.07, 6.45) is 6.85. The number of amides is 1. The molecule has 0 saturated carbocycles. The molecule has 1 aliphatic rings. The average molecular weight is 381 g/mol. The number of pyridine rings is 1. The maximum atomic E-state index is 13.1. The van der Waals surface area contributed by atoms with Crippen LogP contribution in [-0.4, -0.2) is 50.2 Å². The van der Waals surface area contributed by atoms with Crippen LogP contribution in [0.2, 0.25) is 0 Å². The van der Waals surface area contributed by atoms with Gasteiger partial charge in [-0.15, -0.1) is 0 Å². The number of hydrogen-bond acceptors (Lipinski definition) is 7. The predicted octanol–water partition coefficient (Wildman–Crippen LogP) is 2.00. The third-order valence-electron chi connectivity index (χ3n) is 5.06. The van der Waals surface area contributed by atoms with Crippen LogP contribution >= 0.6 is 0 Å². The van der Waals surface area contributed by atoms with Crippen LogP contribution in [0.3, 0.4) is 0 Å². The minimum atomic E-state index is -0.154. The summed E-state index contributed by atoms with van der Waals surface area (Å²) < 4.78 is 7.18. The van der Waals surface area contributed by atoms with Gasteiger partial charge in [0.1, 0.15) is 5.69 Å². The van der Waals surface area contributed by atoms with Crippen LogP contribution in [0.15, 0.2) is 35.2 Å². The second-order valence-corrected chi connectivity index (χ2v) is 6.77. The Morgan fingerprint density at radius 1 is 1.36 bits per heavy atom. The smallest absolute Gasteiger partial charge is 0.276 e. The Morgan fingerprint density at radius 3 is 2.89 bits per heavy atom. The minimum Gasteiger partial charge on any atom is -0.339 e. The minimum absolute atomic E-state index is 0.154. The lowest BCUT2D eigenvalue weighted by atomic mass is 9.98. The second kappa shape index (κ2) is 7.89. The molecule has 0 bridgehead atoms. The van der Waals surface area contributed by atoms with Crippen molar-refractivity contribution in [2.75, 3.05) is 24.5 Å². The maximum Gasteiger partial charge on any atom is 0.276 e. The lowest BCUT2D eigenvalue weighted by molar-refractivity contribution is 0.0980. The summed E-state index contributed by atoms with van der Waals surface area (Å²) in [6.45, 7) is 4.34. The summed E-state index contributed by atoms with van der Waals surface area (Å²) in [4.78, 5) is 27.7. The largest absolute Gasteiger partial charge is 0.339 e. The van der Waals surface area contributed by atoms with Crippen molar-refractivity contribution in [2.24, 2.45) is 7.05 Å². The molecule has 9 heteroatoms. The van der Waals surface area contributed by atoms with Gasteiger partial charge in [-0.3, -0.25) is 9.78 Å². The van der Waals surface area contributed by atoms with Crippen molar-refractivity contribution in [3.05, 3.63) is 42.3 Å². The quantitative estimate of drug-likeness (QED) is 0.721. The highest BCUT2D eigenvalue weighted by Crippen LogP contribution is 2.26. The number of hydrogen-bond donors (Lipinski definition) is 1. The molecule has 28 heavy (non-hydrogen) atoms. The summed E-state index contributed by atoms with van der Waals surface area (Å²) in [5.41, 5.74) is 1.19. The number of imidazole rings is 1. The molecule has 3 aromatic rings. The van der Waals surface area contributed by atoms with E-state index in [1.165, 1.54) is 0 Å². The topological polar surface area (TPSA) is 102 Å². The van der Waals surface area contributed by atoms with Crippen molar-refractivity contribution in [2.45, 2.75) is 25.7 Å². The number of carbonyl (C=O) groups is 1. The zero-order valence-corrected chi connectivity index (χ0v) is 16.0. The van der Waals surface area contributed by atoms with E-state index in [2.05, 4.69) is 25.4 Å². The van der Waals surface area contributed by atoms with Crippen LogP contribution in [0, 0.1) is 0 Å². The Morgan fingerprint density at radius 2 is 2.18 bits per heavy atom. The van der Waals surface area contributed by atoms with E-state index in [4.69, 9.17) is 4.52 Å². The second-order valence-electron chi connectivity index (χ2n) is 6.77. The van der Waals surface area contributed by atoms with Crippen LogP contribution in [-0.2, 0) is 7.05 Å². The standard InChI is InChI=1S/C19H23N7O2/c1-3-26(14-5-4-8-21-11-14)19(27)15-12-22-17(25(15)2)16-23-18(28-24-16)13-6-9-20-10-7-13/h4-5,8,11-13,20H,3,6-7,9-10H2,1-2H3. The van der Waals surface area contributed by atoms with Gasteiger partial charge in [0, 0.05) is 25.7 Å². The first-order valence-corrected chi connectivity index (χ1v) is 9.47. The molecule has 9 nitrogen and oxygen atoms in total. The zero-order chi connectivity index (χ0) is 19.5. The van der Waals surface area contributed by atoms with Gasteiger partial charge in [0.25, 0.3) is 5.91 Å². The highest BCUT2D eigenvalue weighted by atomic mass is 16.5. The van der Waals surface area contributed by atoms with Gasteiger partial charge >= 0.3 is 0 Å². The predicted molar refractivity (Wildman–Crippen MR) is 103 cm³/mol. The number of aromatic nitrogens is 5. The summed E-state index contributed by atoms with van der Waals surface area (Å²) >= 11 is 0. The fourth-order valence-electron chi connectivity index (χ4n) is 3.47. The van der Waals surface area contributed by atoms with Crippen molar-refractivity contribution in [3.8, 4) is 11.6 Å². The van der Waals surface area contributed by atoms with Gasteiger partial charge in [-0.1, -0.05) is 5.16 Å². The first-order valence-electron chi connectivity index (χ1n) is 9.47. The van der Waals surface area contributed by atoms with Crippen molar-refractivity contribution in [1.29, 1.82) is 0 Å². The lowest BCUT2D eigenvalue weighted by Crippen LogP contribution is -2.32.